The number of carbonyl (C=O) groups excluding carboxylic acids is 2. The Bertz CT molecular complexity index is 1210. The van der Waals surface area contributed by atoms with Crippen molar-refractivity contribution in [3.8, 4) is 0 Å². The lowest BCUT2D eigenvalue weighted by atomic mass is 10.1. The van der Waals surface area contributed by atoms with Crippen LogP contribution in [-0.4, -0.2) is 28.0 Å². The Labute approximate surface area is 191 Å². The first kappa shape index (κ1) is 23.7. The number of nitrogens with one attached hydrogen (secondary N) is 1. The average Bonchev–Trinajstić information content (AvgIpc) is 3.10. The maximum absolute atomic E-state index is 13.1. The van der Waals surface area contributed by atoms with Gasteiger partial charge in [-0.2, -0.15) is 0 Å². The number of nitrogens with zero attached hydrogens (tertiary/aromatic N) is 2. The van der Waals surface area contributed by atoms with Crippen molar-refractivity contribution in [3.05, 3.63) is 56.4 Å². The van der Waals surface area contributed by atoms with E-state index in [4.69, 9.17) is 4.74 Å². The molecule has 1 aromatic carbocycles. The Morgan fingerprint density at radius 2 is 1.97 bits per heavy atom. The van der Waals surface area contributed by atoms with Crippen LogP contribution in [0.25, 0.3) is 10.2 Å². The first-order chi connectivity index (χ1) is 15.2. The summed E-state index contributed by atoms with van der Waals surface area (Å²) in [6.45, 7) is 9.69. The summed E-state index contributed by atoms with van der Waals surface area (Å²) in [4.78, 5) is 43.7. The van der Waals surface area contributed by atoms with E-state index in [1.807, 2.05) is 32.0 Å². The van der Waals surface area contributed by atoms with E-state index >= 15 is 0 Å². The molecular weight excluding hydrogens is 426 g/mol. The predicted molar refractivity (Wildman–Crippen MR) is 128 cm³/mol. The van der Waals surface area contributed by atoms with Crippen molar-refractivity contribution in [1.82, 2.24) is 9.55 Å². The van der Waals surface area contributed by atoms with Gasteiger partial charge in [0.05, 0.1) is 23.2 Å². The molecule has 0 bridgehead atoms. The van der Waals surface area contributed by atoms with E-state index in [9.17, 15) is 14.4 Å². The number of esters is 1. The molecule has 0 radical (unpaired) electrons. The highest BCUT2D eigenvalue weighted by atomic mass is 32.1. The summed E-state index contributed by atoms with van der Waals surface area (Å²) in [6.07, 6.45) is 4.16. The number of hydrogen-bond donors (Lipinski definition) is 1. The fourth-order valence-electron chi connectivity index (χ4n) is 3.52. The Hall–Kier alpha value is -3.00. The third-order valence-electron chi connectivity index (χ3n) is 5.46. The van der Waals surface area contributed by atoms with Gasteiger partial charge in [0, 0.05) is 5.69 Å². The average molecular weight is 456 g/mol. The molecule has 0 aliphatic rings. The zero-order chi connectivity index (χ0) is 23.4. The summed E-state index contributed by atoms with van der Waals surface area (Å²) in [5.74, 6) is -0.753. The number of amides is 1. The lowest BCUT2D eigenvalue weighted by Crippen LogP contribution is -2.29. The van der Waals surface area contributed by atoms with Gasteiger partial charge in [-0.3, -0.25) is 14.2 Å². The van der Waals surface area contributed by atoms with E-state index in [0.29, 0.717) is 27.3 Å². The van der Waals surface area contributed by atoms with E-state index in [0.717, 1.165) is 36.1 Å². The molecule has 3 aromatic rings. The van der Waals surface area contributed by atoms with Gasteiger partial charge in [0.15, 0.2) is 0 Å². The summed E-state index contributed by atoms with van der Waals surface area (Å²) in [6, 6.07) is 5.00. The van der Waals surface area contributed by atoms with Crippen LogP contribution in [-0.2, 0) is 9.53 Å². The van der Waals surface area contributed by atoms with Crippen LogP contribution in [0.1, 0.15) is 65.5 Å². The van der Waals surface area contributed by atoms with Crippen molar-refractivity contribution in [3.63, 3.8) is 0 Å². The van der Waals surface area contributed by atoms with E-state index < -0.39 is 12.0 Å². The second-order valence-corrected chi connectivity index (χ2v) is 9.02. The highest BCUT2D eigenvalue weighted by Gasteiger charge is 2.23. The second kappa shape index (κ2) is 10.1. The van der Waals surface area contributed by atoms with E-state index in [1.54, 1.807) is 13.8 Å². The number of aromatic nitrogens is 2. The van der Waals surface area contributed by atoms with Crippen LogP contribution < -0.4 is 10.9 Å². The molecule has 0 saturated heterocycles. The van der Waals surface area contributed by atoms with Crippen molar-refractivity contribution < 1.29 is 14.3 Å². The fraction of sp³-hybridized carbons (Fsp3) is 0.417. The molecule has 0 saturated carbocycles. The Morgan fingerprint density at radius 1 is 1.22 bits per heavy atom. The van der Waals surface area contributed by atoms with Crippen LogP contribution in [0.15, 0.2) is 29.3 Å². The van der Waals surface area contributed by atoms with Crippen molar-refractivity contribution in [1.29, 1.82) is 0 Å². The van der Waals surface area contributed by atoms with Crippen LogP contribution in [0.5, 0.6) is 0 Å². The number of fused-ring (bicyclic) bond motifs is 1. The van der Waals surface area contributed by atoms with E-state index in [2.05, 4.69) is 17.2 Å². The highest BCUT2D eigenvalue weighted by Crippen LogP contribution is 2.28. The zero-order valence-electron chi connectivity index (χ0n) is 19.2. The van der Waals surface area contributed by atoms with Crippen LogP contribution in [0.4, 0.5) is 5.69 Å². The van der Waals surface area contributed by atoms with Gasteiger partial charge in [0.25, 0.3) is 11.5 Å². The van der Waals surface area contributed by atoms with Gasteiger partial charge in [-0.25, -0.2) is 9.78 Å². The fourth-order valence-corrected chi connectivity index (χ4v) is 4.56. The molecule has 7 nitrogen and oxygen atoms in total. The summed E-state index contributed by atoms with van der Waals surface area (Å²) in [5.41, 5.74) is 3.00. The minimum absolute atomic E-state index is 0.285. The number of anilines is 1. The molecule has 0 aliphatic heterocycles. The van der Waals surface area contributed by atoms with Crippen molar-refractivity contribution >= 4 is 39.1 Å². The molecule has 3 rings (SSSR count). The number of ether oxygens (including phenoxy) is 1. The number of carbonyl (C=O) groups is 2. The molecule has 1 unspecified atom stereocenters. The summed E-state index contributed by atoms with van der Waals surface area (Å²) >= 11 is 1.17. The van der Waals surface area contributed by atoms with Crippen molar-refractivity contribution in [2.45, 2.75) is 59.9 Å². The molecule has 0 spiro atoms. The molecule has 8 heteroatoms. The lowest BCUT2D eigenvalue weighted by Gasteiger charge is -2.14. The molecule has 2 heterocycles. The van der Waals surface area contributed by atoms with Crippen molar-refractivity contribution in [2.75, 3.05) is 11.9 Å². The Morgan fingerprint density at radius 3 is 2.66 bits per heavy atom. The van der Waals surface area contributed by atoms with Gasteiger partial charge < -0.3 is 10.1 Å². The van der Waals surface area contributed by atoms with Gasteiger partial charge in [-0.1, -0.05) is 37.5 Å². The predicted octanol–water partition coefficient (Wildman–Crippen LogP) is 4.93. The van der Waals surface area contributed by atoms with Crippen LogP contribution in [0, 0.1) is 20.8 Å². The van der Waals surface area contributed by atoms with E-state index in [-0.39, 0.29) is 11.5 Å². The Balaban J connectivity index is 1.87. The molecule has 1 N–H and O–H groups in total. The number of benzene rings is 1. The smallest absolute Gasteiger partial charge is 0.328 e. The summed E-state index contributed by atoms with van der Waals surface area (Å²) < 4.78 is 6.57. The number of thiophene rings is 1. The van der Waals surface area contributed by atoms with Gasteiger partial charge in [0.1, 0.15) is 10.9 Å². The lowest BCUT2D eigenvalue weighted by molar-refractivity contribution is -0.147. The topological polar surface area (TPSA) is 90.3 Å². The number of rotatable bonds is 8. The molecular formula is C24H29N3O4S. The van der Waals surface area contributed by atoms with Gasteiger partial charge in [-0.05, 0) is 51.3 Å². The monoisotopic (exact) mass is 455 g/mol. The van der Waals surface area contributed by atoms with Crippen molar-refractivity contribution in [2.24, 2.45) is 0 Å². The molecule has 0 aliphatic carbocycles. The maximum atomic E-state index is 13.1. The van der Waals surface area contributed by atoms with Crippen LogP contribution in [0.2, 0.25) is 0 Å². The minimum Gasteiger partial charge on any atom is -0.464 e. The molecule has 32 heavy (non-hydrogen) atoms. The third kappa shape index (κ3) is 4.91. The number of aryl methyl sites for hydroxylation is 3. The minimum atomic E-state index is -0.798. The maximum Gasteiger partial charge on any atom is 0.328 e. The number of unbranched alkanes of at least 4 members (excludes halogenated alkanes) is 2. The zero-order valence-corrected chi connectivity index (χ0v) is 20.0. The Kier molecular flexibility index (Phi) is 7.45. The first-order valence-electron chi connectivity index (χ1n) is 10.8. The normalized spacial score (nSPS) is 12.0. The second-order valence-electron chi connectivity index (χ2n) is 8.02. The van der Waals surface area contributed by atoms with Gasteiger partial charge >= 0.3 is 5.97 Å². The molecule has 2 aromatic heterocycles. The van der Waals surface area contributed by atoms with Gasteiger partial charge in [-0.15, -0.1) is 11.3 Å². The molecule has 1 amide bonds. The quantitative estimate of drug-likeness (QED) is 0.384. The molecule has 170 valence electrons. The van der Waals surface area contributed by atoms with Crippen LogP contribution >= 0.6 is 11.3 Å². The van der Waals surface area contributed by atoms with Crippen LogP contribution in [0.3, 0.4) is 0 Å². The van der Waals surface area contributed by atoms with Gasteiger partial charge in [0.2, 0.25) is 0 Å². The summed E-state index contributed by atoms with van der Waals surface area (Å²) in [5, 5.41) is 3.28. The molecule has 1 atom stereocenters. The molecule has 0 fully saturated rings. The first-order valence-corrected chi connectivity index (χ1v) is 11.6. The summed E-state index contributed by atoms with van der Waals surface area (Å²) in [7, 11) is 0. The largest absolute Gasteiger partial charge is 0.464 e. The number of hydrogen-bond acceptors (Lipinski definition) is 6. The highest BCUT2D eigenvalue weighted by molar-refractivity contribution is 7.20. The SMILES string of the molecule is CCCCCOC(=O)C(C)n1cnc2sc(C(=O)Nc3ccc(C)cc3C)c(C)c2c1=O. The third-order valence-corrected chi connectivity index (χ3v) is 6.66. The van der Waals surface area contributed by atoms with E-state index in [1.165, 1.54) is 22.2 Å². The standard InChI is InChI=1S/C24H29N3O4S/c1-6-7-8-11-31-24(30)17(5)27-13-25-22-19(23(27)29)16(4)20(32-22)21(28)26-18-10-9-14(2)12-15(18)3/h9-10,12-13,17H,6-8,11H2,1-5H3,(H,26,28).